The zero-order valence-electron chi connectivity index (χ0n) is 20.3. The maximum atomic E-state index is 13.8. The zero-order valence-corrected chi connectivity index (χ0v) is 24.2. The van der Waals surface area contributed by atoms with E-state index in [0.717, 1.165) is 28.7 Å². The molecule has 202 valence electrons. The quantitative estimate of drug-likeness (QED) is 0.261. The molecule has 3 heterocycles. The van der Waals surface area contributed by atoms with Crippen molar-refractivity contribution in [2.24, 2.45) is 5.92 Å². The predicted molar refractivity (Wildman–Crippen MR) is 159 cm³/mol. The molecule has 4 aromatic rings. The van der Waals surface area contributed by atoms with Crippen molar-refractivity contribution in [2.45, 2.75) is 22.7 Å². The summed E-state index contributed by atoms with van der Waals surface area (Å²) in [6, 6.07) is 20.5. The number of para-hydroxylation sites is 1. The van der Waals surface area contributed by atoms with Crippen molar-refractivity contribution in [3.05, 3.63) is 108 Å². The van der Waals surface area contributed by atoms with E-state index in [1.54, 1.807) is 60.7 Å². The second kappa shape index (κ2) is 10.7. The lowest BCUT2D eigenvalue weighted by molar-refractivity contribution is -0.122. The normalized spacial score (nSPS) is 19.9. The highest BCUT2D eigenvalue weighted by molar-refractivity contribution is 8.00. The van der Waals surface area contributed by atoms with Gasteiger partial charge in [-0.25, -0.2) is 4.90 Å². The first-order valence-corrected chi connectivity index (χ1v) is 14.9. The Balaban J connectivity index is 1.40. The summed E-state index contributed by atoms with van der Waals surface area (Å²) in [7, 11) is 0. The number of thiazole rings is 1. The molecule has 12 heteroatoms. The molecule has 3 amide bonds. The number of hydrogen-bond donors (Lipinski definition) is 1. The molecule has 2 aliphatic heterocycles. The smallest absolute Gasteiger partial charge is 0.308 e. The standard InChI is InChI=1S/C28H18Cl3N3O4S2/c29-15-8-6-14(7-9-15)21-22-23(26(37)34(25(22)36)17-4-2-1-3-5-17)39-27-24(21)40-28(38)33(27)13-20(35)32-16-10-11-18(30)19(31)12-16/h1-12,21-23H,13H2,(H,32,35)/t21-,22?,23?/m1/s1. The monoisotopic (exact) mass is 629 g/mol. The molecule has 0 aliphatic carbocycles. The molecule has 1 aromatic heterocycles. The Morgan fingerprint density at radius 3 is 2.30 bits per heavy atom. The molecule has 1 fully saturated rings. The number of aromatic nitrogens is 1. The number of hydrogen-bond acceptors (Lipinski definition) is 6. The number of anilines is 2. The van der Waals surface area contributed by atoms with Crippen LogP contribution in [-0.2, 0) is 20.9 Å². The summed E-state index contributed by atoms with van der Waals surface area (Å²) in [5.41, 5.74) is 1.67. The molecular formula is C28H18Cl3N3O4S2. The molecule has 0 saturated carbocycles. The third-order valence-corrected chi connectivity index (χ3v) is 10.4. The lowest BCUT2D eigenvalue weighted by Gasteiger charge is -2.30. The van der Waals surface area contributed by atoms with Gasteiger partial charge in [0.15, 0.2) is 0 Å². The van der Waals surface area contributed by atoms with Crippen LogP contribution in [0.25, 0.3) is 0 Å². The van der Waals surface area contributed by atoms with Crippen molar-refractivity contribution >= 4 is 87.0 Å². The van der Waals surface area contributed by atoms with Crippen LogP contribution in [0.5, 0.6) is 0 Å². The van der Waals surface area contributed by atoms with E-state index < -0.39 is 23.0 Å². The van der Waals surface area contributed by atoms with Crippen molar-refractivity contribution in [3.63, 3.8) is 0 Å². The summed E-state index contributed by atoms with van der Waals surface area (Å²) in [6.45, 7) is -0.285. The maximum absolute atomic E-state index is 13.8. The second-order valence-corrected chi connectivity index (χ2v) is 12.6. The van der Waals surface area contributed by atoms with E-state index in [-0.39, 0.29) is 28.3 Å². The lowest BCUT2D eigenvalue weighted by atomic mass is 9.83. The van der Waals surface area contributed by atoms with Gasteiger partial charge in [-0.1, -0.05) is 88.2 Å². The summed E-state index contributed by atoms with van der Waals surface area (Å²) >= 11 is 20.3. The van der Waals surface area contributed by atoms with E-state index >= 15 is 0 Å². The van der Waals surface area contributed by atoms with Gasteiger partial charge in [-0.15, -0.1) is 0 Å². The number of carbonyl (C=O) groups excluding carboxylic acids is 3. The molecule has 1 N–H and O–H groups in total. The van der Waals surface area contributed by atoms with Crippen LogP contribution < -0.4 is 15.1 Å². The number of benzene rings is 3. The van der Waals surface area contributed by atoms with E-state index in [0.29, 0.717) is 31.3 Å². The van der Waals surface area contributed by atoms with Crippen LogP contribution in [0.2, 0.25) is 15.1 Å². The minimum Gasteiger partial charge on any atom is -0.324 e. The van der Waals surface area contributed by atoms with Gasteiger partial charge in [0.1, 0.15) is 11.8 Å². The molecule has 0 spiro atoms. The number of nitrogens with zero attached hydrogens (tertiary/aromatic N) is 2. The molecule has 0 radical (unpaired) electrons. The topological polar surface area (TPSA) is 88.5 Å². The first-order valence-electron chi connectivity index (χ1n) is 12.1. The van der Waals surface area contributed by atoms with Gasteiger partial charge in [-0.3, -0.25) is 23.7 Å². The molecule has 2 aliphatic rings. The van der Waals surface area contributed by atoms with Crippen LogP contribution in [0.15, 0.2) is 82.6 Å². The molecule has 0 bridgehead atoms. The summed E-state index contributed by atoms with van der Waals surface area (Å²) in [5.74, 6) is -2.44. The second-order valence-electron chi connectivity index (χ2n) is 9.24. The Bertz CT molecular complexity index is 1720. The number of fused-ring (bicyclic) bond motifs is 2. The number of nitrogens with one attached hydrogen (secondary N) is 1. The van der Waals surface area contributed by atoms with Crippen LogP contribution >= 0.6 is 57.9 Å². The molecule has 1 saturated heterocycles. The summed E-state index contributed by atoms with van der Waals surface area (Å²) in [4.78, 5) is 55.3. The highest BCUT2D eigenvalue weighted by atomic mass is 35.5. The van der Waals surface area contributed by atoms with Gasteiger partial charge >= 0.3 is 4.87 Å². The third-order valence-electron chi connectivity index (χ3n) is 6.80. The number of amides is 3. The first kappa shape index (κ1) is 27.1. The van der Waals surface area contributed by atoms with E-state index in [1.807, 2.05) is 6.07 Å². The predicted octanol–water partition coefficient (Wildman–Crippen LogP) is 6.30. The van der Waals surface area contributed by atoms with Gasteiger partial charge < -0.3 is 5.32 Å². The van der Waals surface area contributed by atoms with E-state index in [2.05, 4.69) is 5.32 Å². The Morgan fingerprint density at radius 2 is 1.60 bits per heavy atom. The van der Waals surface area contributed by atoms with Crippen LogP contribution in [0.4, 0.5) is 11.4 Å². The summed E-state index contributed by atoms with van der Waals surface area (Å²) in [5, 5.41) is 3.60. The van der Waals surface area contributed by atoms with Gasteiger partial charge in [0.05, 0.1) is 26.7 Å². The highest BCUT2D eigenvalue weighted by Gasteiger charge is 2.56. The maximum Gasteiger partial charge on any atom is 0.308 e. The minimum absolute atomic E-state index is 0.282. The number of thioether (sulfide) groups is 1. The molecule has 6 rings (SSSR count). The summed E-state index contributed by atoms with van der Waals surface area (Å²) in [6.07, 6.45) is 0. The van der Waals surface area contributed by atoms with Crippen molar-refractivity contribution in [2.75, 3.05) is 10.2 Å². The average molecular weight is 631 g/mol. The largest absolute Gasteiger partial charge is 0.324 e. The number of carbonyl (C=O) groups is 3. The third kappa shape index (κ3) is 4.76. The fraction of sp³-hybridized carbons (Fsp3) is 0.143. The first-order chi connectivity index (χ1) is 19.2. The Morgan fingerprint density at radius 1 is 0.875 bits per heavy atom. The molecule has 3 aromatic carbocycles. The lowest BCUT2D eigenvalue weighted by Crippen LogP contribution is -2.33. The number of halogens is 3. The highest BCUT2D eigenvalue weighted by Crippen LogP contribution is 2.53. The van der Waals surface area contributed by atoms with E-state index in [9.17, 15) is 19.2 Å². The van der Waals surface area contributed by atoms with Crippen molar-refractivity contribution in [3.8, 4) is 0 Å². The van der Waals surface area contributed by atoms with Crippen molar-refractivity contribution < 1.29 is 14.4 Å². The van der Waals surface area contributed by atoms with E-state index in [4.69, 9.17) is 34.8 Å². The number of rotatable bonds is 5. The fourth-order valence-corrected chi connectivity index (χ4v) is 8.23. The van der Waals surface area contributed by atoms with Gasteiger partial charge in [0, 0.05) is 21.5 Å². The van der Waals surface area contributed by atoms with Crippen LogP contribution in [0.1, 0.15) is 16.4 Å². The van der Waals surface area contributed by atoms with Gasteiger partial charge in [-0.05, 0) is 48.0 Å². The van der Waals surface area contributed by atoms with Crippen molar-refractivity contribution in [1.82, 2.24) is 4.57 Å². The molecular weight excluding hydrogens is 613 g/mol. The van der Waals surface area contributed by atoms with Gasteiger partial charge in [0.2, 0.25) is 17.7 Å². The molecule has 3 atom stereocenters. The Kier molecular flexibility index (Phi) is 7.27. The van der Waals surface area contributed by atoms with Gasteiger partial charge in [0.25, 0.3) is 0 Å². The van der Waals surface area contributed by atoms with Crippen LogP contribution in [0.3, 0.4) is 0 Å². The summed E-state index contributed by atoms with van der Waals surface area (Å²) < 4.78 is 1.36. The SMILES string of the molecule is O=C(Cn1c2c(sc1=O)[C@H](c1ccc(Cl)cc1)C1C(=O)N(c3ccccc3)C(=O)C1S2)Nc1ccc(Cl)c(Cl)c1. The van der Waals surface area contributed by atoms with Gasteiger partial charge in [-0.2, -0.15) is 0 Å². The van der Waals surface area contributed by atoms with E-state index in [1.165, 1.54) is 15.5 Å². The Hall–Kier alpha value is -3.08. The van der Waals surface area contributed by atoms with Crippen molar-refractivity contribution in [1.29, 1.82) is 0 Å². The molecule has 40 heavy (non-hydrogen) atoms. The zero-order chi connectivity index (χ0) is 28.1. The minimum atomic E-state index is -0.778. The van der Waals surface area contributed by atoms with Crippen LogP contribution in [-0.4, -0.2) is 27.5 Å². The average Bonchev–Trinajstić information content (AvgIpc) is 3.38. The fourth-order valence-electron chi connectivity index (χ4n) is 5.03. The Labute approximate surface area is 251 Å². The van der Waals surface area contributed by atoms with Crippen LogP contribution in [0, 0.1) is 5.92 Å². The molecule has 7 nitrogen and oxygen atoms in total. The number of imide groups is 1. The molecule has 2 unspecified atom stereocenters.